The number of halogens is 2. The molecule has 0 saturated carbocycles. The number of nitrogens with zero attached hydrogens (tertiary/aromatic N) is 2. The first-order chi connectivity index (χ1) is 21.5. The smallest absolute Gasteiger partial charge is 0.264 e. The van der Waals surface area contributed by atoms with E-state index in [-0.39, 0.29) is 29.8 Å². The van der Waals surface area contributed by atoms with Crippen LogP contribution in [0.1, 0.15) is 37.0 Å². The second-order valence-electron chi connectivity index (χ2n) is 10.9. The molecule has 0 heterocycles. The fourth-order valence-corrected chi connectivity index (χ4v) is 6.97. The maximum absolute atomic E-state index is 14.6. The number of rotatable bonds is 13. The zero-order valence-corrected chi connectivity index (χ0v) is 28.6. The Morgan fingerprint density at radius 2 is 1.53 bits per heavy atom. The minimum Gasteiger partial charge on any atom is -0.352 e. The van der Waals surface area contributed by atoms with Crippen LogP contribution in [0.4, 0.5) is 5.69 Å². The van der Waals surface area contributed by atoms with Gasteiger partial charge in [0, 0.05) is 28.5 Å². The summed E-state index contributed by atoms with van der Waals surface area (Å²) in [6.07, 6.45) is 0.959. The highest BCUT2D eigenvalue weighted by molar-refractivity contribution is 9.10. The van der Waals surface area contributed by atoms with Crippen molar-refractivity contribution in [3.8, 4) is 0 Å². The number of sulfonamides is 1. The van der Waals surface area contributed by atoms with Gasteiger partial charge in [0.2, 0.25) is 11.8 Å². The maximum Gasteiger partial charge on any atom is 0.264 e. The molecule has 10 heteroatoms. The van der Waals surface area contributed by atoms with Gasteiger partial charge in [-0.25, -0.2) is 8.42 Å². The highest BCUT2D eigenvalue weighted by Gasteiger charge is 2.35. The van der Waals surface area contributed by atoms with Gasteiger partial charge in [-0.05, 0) is 79.4 Å². The summed E-state index contributed by atoms with van der Waals surface area (Å²) in [7, 11) is -4.21. The third kappa shape index (κ3) is 8.96. The largest absolute Gasteiger partial charge is 0.352 e. The van der Waals surface area contributed by atoms with Gasteiger partial charge in [0.1, 0.15) is 12.6 Å². The Kier molecular flexibility index (Phi) is 11.8. The number of para-hydroxylation sites is 1. The van der Waals surface area contributed by atoms with Crippen LogP contribution in [0.5, 0.6) is 0 Å². The van der Waals surface area contributed by atoms with E-state index in [4.69, 9.17) is 11.6 Å². The molecule has 0 spiro atoms. The molecule has 4 aromatic rings. The molecule has 0 bridgehead atoms. The standard InChI is InChI=1S/C35H37BrClN3O4S/c1-4-26(3)38-35(42)33(22-27-12-6-5-7-13-27)39(23-28-14-10-15-29(36)21-28)34(41)24-40(32-16-9-8-11-25(32)2)45(43,44)31-19-17-30(37)18-20-31/h5-21,26,33H,4,22-24H2,1-3H3,(H,38,42)/t26-,33-/m1/s1. The Morgan fingerprint density at radius 3 is 2.18 bits per heavy atom. The van der Waals surface area contributed by atoms with Crippen molar-refractivity contribution in [1.82, 2.24) is 10.2 Å². The molecule has 2 atom stereocenters. The summed E-state index contributed by atoms with van der Waals surface area (Å²) in [6.45, 7) is 5.25. The molecular weight excluding hydrogens is 674 g/mol. The van der Waals surface area contributed by atoms with Crippen LogP contribution in [-0.2, 0) is 32.6 Å². The van der Waals surface area contributed by atoms with Gasteiger partial charge < -0.3 is 10.2 Å². The Morgan fingerprint density at radius 1 is 0.889 bits per heavy atom. The number of aryl methyl sites for hydroxylation is 1. The van der Waals surface area contributed by atoms with Gasteiger partial charge in [-0.3, -0.25) is 13.9 Å². The van der Waals surface area contributed by atoms with Crippen molar-refractivity contribution < 1.29 is 18.0 Å². The average Bonchev–Trinajstić information content (AvgIpc) is 3.02. The number of carbonyl (C=O) groups excluding carboxylic acids is 2. The summed E-state index contributed by atoms with van der Waals surface area (Å²) in [5, 5.41) is 3.44. The second-order valence-corrected chi connectivity index (χ2v) is 14.1. The molecule has 7 nitrogen and oxygen atoms in total. The third-order valence-corrected chi connectivity index (χ3v) is 10.1. The number of hydrogen-bond donors (Lipinski definition) is 1. The molecule has 2 amide bonds. The summed E-state index contributed by atoms with van der Waals surface area (Å²) in [5.41, 5.74) is 2.71. The van der Waals surface area contributed by atoms with E-state index in [1.165, 1.54) is 29.2 Å². The van der Waals surface area contributed by atoms with Crippen LogP contribution in [-0.4, -0.2) is 43.8 Å². The van der Waals surface area contributed by atoms with Gasteiger partial charge in [0.15, 0.2) is 0 Å². The number of nitrogens with one attached hydrogen (secondary N) is 1. The van der Waals surface area contributed by atoms with E-state index in [1.54, 1.807) is 25.1 Å². The van der Waals surface area contributed by atoms with Gasteiger partial charge in [-0.15, -0.1) is 0 Å². The van der Waals surface area contributed by atoms with Gasteiger partial charge in [0.25, 0.3) is 10.0 Å². The molecule has 4 aromatic carbocycles. The van der Waals surface area contributed by atoms with Crippen LogP contribution in [0.15, 0.2) is 112 Å². The quantitative estimate of drug-likeness (QED) is 0.160. The number of benzene rings is 4. The highest BCUT2D eigenvalue weighted by atomic mass is 79.9. The van der Waals surface area contributed by atoms with Crippen molar-refractivity contribution in [2.45, 2.75) is 57.1 Å². The van der Waals surface area contributed by atoms with Crippen molar-refractivity contribution in [2.75, 3.05) is 10.8 Å². The number of amides is 2. The molecule has 1 N–H and O–H groups in total. The minimum absolute atomic E-state index is 0.00292. The van der Waals surface area contributed by atoms with Crippen molar-refractivity contribution in [3.63, 3.8) is 0 Å². The predicted octanol–water partition coefficient (Wildman–Crippen LogP) is 7.16. The predicted molar refractivity (Wildman–Crippen MR) is 184 cm³/mol. The van der Waals surface area contributed by atoms with Gasteiger partial charge >= 0.3 is 0 Å². The van der Waals surface area contributed by atoms with E-state index < -0.39 is 28.5 Å². The van der Waals surface area contributed by atoms with Gasteiger partial charge in [0.05, 0.1) is 10.6 Å². The zero-order chi connectivity index (χ0) is 32.6. The SMILES string of the molecule is CC[C@@H](C)NC(=O)[C@@H](Cc1ccccc1)N(Cc1cccc(Br)c1)C(=O)CN(c1ccccc1C)S(=O)(=O)c1ccc(Cl)cc1. The normalized spacial score (nSPS) is 12.6. The summed E-state index contributed by atoms with van der Waals surface area (Å²) in [4.78, 5) is 30.0. The molecule has 236 valence electrons. The summed E-state index contributed by atoms with van der Waals surface area (Å²) in [5.74, 6) is -0.824. The van der Waals surface area contributed by atoms with E-state index in [9.17, 15) is 18.0 Å². The molecule has 0 radical (unpaired) electrons. The average molecular weight is 711 g/mol. The van der Waals surface area contributed by atoms with Crippen LogP contribution in [0.2, 0.25) is 5.02 Å². The van der Waals surface area contributed by atoms with E-state index in [1.807, 2.05) is 74.5 Å². The van der Waals surface area contributed by atoms with Crippen molar-refractivity contribution in [3.05, 3.63) is 129 Å². The lowest BCUT2D eigenvalue weighted by Crippen LogP contribution is -2.54. The van der Waals surface area contributed by atoms with Crippen molar-refractivity contribution in [2.24, 2.45) is 0 Å². The van der Waals surface area contributed by atoms with E-state index >= 15 is 0 Å². The molecule has 0 aromatic heterocycles. The van der Waals surface area contributed by atoms with E-state index in [0.717, 1.165) is 19.9 Å². The molecule has 0 fully saturated rings. The highest BCUT2D eigenvalue weighted by Crippen LogP contribution is 2.28. The molecule has 0 unspecified atom stereocenters. The number of hydrogen-bond acceptors (Lipinski definition) is 4. The lowest BCUT2D eigenvalue weighted by Gasteiger charge is -2.34. The summed E-state index contributed by atoms with van der Waals surface area (Å²) in [6, 6.07) is 28.8. The molecule has 4 rings (SSSR count). The maximum atomic E-state index is 14.6. The second kappa shape index (κ2) is 15.6. The van der Waals surface area contributed by atoms with Crippen LogP contribution in [0, 0.1) is 6.92 Å². The molecule has 0 aliphatic heterocycles. The zero-order valence-electron chi connectivity index (χ0n) is 25.5. The van der Waals surface area contributed by atoms with Crippen LogP contribution in [0.25, 0.3) is 0 Å². The van der Waals surface area contributed by atoms with E-state index in [2.05, 4.69) is 21.2 Å². The number of carbonyl (C=O) groups is 2. The Hall–Kier alpha value is -3.66. The monoisotopic (exact) mass is 709 g/mol. The Labute approximate surface area is 279 Å². The first-order valence-electron chi connectivity index (χ1n) is 14.7. The Balaban J connectivity index is 1.82. The first-order valence-corrected chi connectivity index (χ1v) is 17.3. The number of anilines is 1. The molecule has 0 saturated heterocycles. The molecule has 45 heavy (non-hydrogen) atoms. The molecule has 0 aliphatic carbocycles. The lowest BCUT2D eigenvalue weighted by atomic mass is 10.0. The van der Waals surface area contributed by atoms with Crippen molar-refractivity contribution >= 4 is 55.1 Å². The molecular formula is C35H37BrClN3O4S. The van der Waals surface area contributed by atoms with Crippen LogP contribution in [0.3, 0.4) is 0 Å². The first kappa shape index (κ1) is 34.2. The van der Waals surface area contributed by atoms with Crippen LogP contribution >= 0.6 is 27.5 Å². The Bertz CT molecular complexity index is 1720. The molecule has 0 aliphatic rings. The van der Waals surface area contributed by atoms with Crippen LogP contribution < -0.4 is 9.62 Å². The lowest BCUT2D eigenvalue weighted by molar-refractivity contribution is -0.140. The van der Waals surface area contributed by atoms with Gasteiger partial charge in [-0.2, -0.15) is 0 Å². The fraction of sp³-hybridized carbons (Fsp3) is 0.257. The minimum atomic E-state index is -4.21. The summed E-state index contributed by atoms with van der Waals surface area (Å²) < 4.78 is 30.3. The van der Waals surface area contributed by atoms with Crippen molar-refractivity contribution in [1.29, 1.82) is 0 Å². The van der Waals surface area contributed by atoms with Gasteiger partial charge in [-0.1, -0.05) is 95.1 Å². The fourth-order valence-electron chi connectivity index (χ4n) is 4.92. The summed E-state index contributed by atoms with van der Waals surface area (Å²) >= 11 is 9.57. The topological polar surface area (TPSA) is 86.8 Å². The third-order valence-electron chi connectivity index (χ3n) is 7.58. The van der Waals surface area contributed by atoms with E-state index in [0.29, 0.717) is 22.7 Å².